The predicted octanol–water partition coefficient (Wildman–Crippen LogP) is 3.10. The van der Waals surface area contributed by atoms with Gasteiger partial charge in [0.15, 0.2) is 0 Å². The zero-order valence-corrected chi connectivity index (χ0v) is 7.86. The van der Waals surface area contributed by atoms with Crippen molar-refractivity contribution in [2.75, 3.05) is 7.05 Å². The highest BCUT2D eigenvalue weighted by Gasteiger charge is 1.96. The molecule has 0 bridgehead atoms. The number of hydrogen-bond donors (Lipinski definition) is 0. The van der Waals surface area contributed by atoms with Crippen molar-refractivity contribution in [1.29, 1.82) is 0 Å². The minimum Gasteiger partial charge on any atom is -0.293 e. The van der Waals surface area contributed by atoms with Crippen LogP contribution in [0.1, 0.15) is 12.5 Å². The lowest BCUT2D eigenvalue weighted by Gasteiger charge is -1.99. The molecule has 1 nitrogen and oxygen atoms in total. The van der Waals surface area contributed by atoms with E-state index in [2.05, 4.69) is 4.99 Å². The Balaban J connectivity index is 2.92. The van der Waals surface area contributed by atoms with E-state index in [1.165, 1.54) is 0 Å². The summed E-state index contributed by atoms with van der Waals surface area (Å²) in [6, 6.07) is 7.22. The molecule has 0 N–H and O–H groups in total. The first-order chi connectivity index (χ1) is 5.77. The number of benzene rings is 1. The average molecular weight is 183 g/mol. The molecule has 0 atom stereocenters. The molecule has 1 aromatic rings. The Morgan fingerprint density at radius 1 is 1.33 bits per heavy atom. The molecule has 0 unspecified atom stereocenters. The maximum atomic E-state index is 12.0. The molecule has 1 rings (SSSR count). The highest BCUT2D eigenvalue weighted by atomic mass is 32.2. The van der Waals surface area contributed by atoms with Gasteiger partial charge >= 0.3 is 0 Å². The van der Waals surface area contributed by atoms with Crippen molar-refractivity contribution in [3.63, 3.8) is 0 Å². The normalized spacial score (nSPS) is 11.8. The standard InChI is InChI=1S/C9H10FNS/c1-7(11-2)8-3-5-9(12-10)6-4-8/h3-6H,1-2H3/b11-7+. The van der Waals surface area contributed by atoms with Gasteiger partial charge in [0.2, 0.25) is 0 Å². The van der Waals surface area contributed by atoms with Gasteiger partial charge in [-0.3, -0.25) is 4.99 Å². The lowest BCUT2D eigenvalue weighted by Crippen LogP contribution is -1.92. The van der Waals surface area contributed by atoms with Crippen LogP contribution in [-0.4, -0.2) is 12.8 Å². The summed E-state index contributed by atoms with van der Waals surface area (Å²) in [7, 11) is 1.74. The van der Waals surface area contributed by atoms with E-state index >= 15 is 0 Å². The number of nitrogens with zero attached hydrogens (tertiary/aromatic N) is 1. The maximum absolute atomic E-state index is 12.0. The van der Waals surface area contributed by atoms with Crippen LogP contribution in [0.15, 0.2) is 34.2 Å². The predicted molar refractivity (Wildman–Crippen MR) is 51.5 cm³/mol. The molecule has 0 saturated heterocycles. The average Bonchev–Trinajstić information content (AvgIpc) is 2.17. The first kappa shape index (κ1) is 9.26. The van der Waals surface area contributed by atoms with Gasteiger partial charge in [0.25, 0.3) is 0 Å². The molecule has 0 fully saturated rings. The van der Waals surface area contributed by atoms with Crippen LogP contribution in [-0.2, 0) is 0 Å². The quantitative estimate of drug-likeness (QED) is 0.642. The molecule has 0 aliphatic heterocycles. The van der Waals surface area contributed by atoms with Crippen LogP contribution in [0, 0.1) is 0 Å². The van der Waals surface area contributed by atoms with Crippen LogP contribution in [0.3, 0.4) is 0 Å². The van der Waals surface area contributed by atoms with E-state index in [9.17, 15) is 3.89 Å². The topological polar surface area (TPSA) is 12.4 Å². The van der Waals surface area contributed by atoms with Crippen molar-refractivity contribution in [1.82, 2.24) is 0 Å². The van der Waals surface area contributed by atoms with Crippen LogP contribution >= 0.6 is 12.1 Å². The summed E-state index contributed by atoms with van der Waals surface area (Å²) < 4.78 is 12.0. The highest BCUT2D eigenvalue weighted by molar-refractivity contribution is 7.94. The molecule has 0 aliphatic carbocycles. The van der Waals surface area contributed by atoms with Crippen molar-refractivity contribution >= 4 is 17.9 Å². The monoisotopic (exact) mass is 183 g/mol. The molecule has 12 heavy (non-hydrogen) atoms. The Kier molecular flexibility index (Phi) is 3.29. The Morgan fingerprint density at radius 3 is 2.33 bits per heavy atom. The van der Waals surface area contributed by atoms with Crippen LogP contribution in [0.4, 0.5) is 3.89 Å². The van der Waals surface area contributed by atoms with Gasteiger partial charge in [0.1, 0.15) is 0 Å². The maximum Gasteiger partial charge on any atom is 0.0812 e. The smallest absolute Gasteiger partial charge is 0.0812 e. The van der Waals surface area contributed by atoms with Gasteiger partial charge in [0, 0.05) is 17.7 Å². The lowest BCUT2D eigenvalue weighted by molar-refractivity contribution is 0.934. The second-order valence-corrected chi connectivity index (χ2v) is 3.04. The summed E-state index contributed by atoms with van der Waals surface area (Å²) in [5.74, 6) is 0. The number of rotatable bonds is 2. The Morgan fingerprint density at radius 2 is 1.92 bits per heavy atom. The van der Waals surface area contributed by atoms with Crippen molar-refractivity contribution in [2.45, 2.75) is 11.8 Å². The van der Waals surface area contributed by atoms with E-state index in [-0.39, 0.29) is 12.1 Å². The van der Waals surface area contributed by atoms with Gasteiger partial charge in [-0.25, -0.2) is 0 Å². The fourth-order valence-corrected chi connectivity index (χ4v) is 1.12. The largest absolute Gasteiger partial charge is 0.293 e. The van der Waals surface area contributed by atoms with Crippen molar-refractivity contribution in [3.05, 3.63) is 29.8 Å². The molecular formula is C9H10FNS. The third-order valence-electron chi connectivity index (χ3n) is 1.70. The van der Waals surface area contributed by atoms with Gasteiger partial charge in [-0.1, -0.05) is 12.1 Å². The van der Waals surface area contributed by atoms with Crippen LogP contribution < -0.4 is 0 Å². The molecule has 0 spiro atoms. The zero-order chi connectivity index (χ0) is 8.97. The summed E-state index contributed by atoms with van der Waals surface area (Å²) in [5, 5.41) is 0. The van der Waals surface area contributed by atoms with Crippen molar-refractivity contribution in [2.24, 2.45) is 4.99 Å². The summed E-state index contributed by atoms with van der Waals surface area (Å²) in [4.78, 5) is 4.66. The van der Waals surface area contributed by atoms with Crippen LogP contribution in [0.5, 0.6) is 0 Å². The van der Waals surface area contributed by atoms with E-state index in [1.807, 2.05) is 19.1 Å². The second-order valence-electron chi connectivity index (χ2n) is 2.41. The zero-order valence-electron chi connectivity index (χ0n) is 7.04. The molecule has 64 valence electrons. The molecule has 1 aromatic carbocycles. The summed E-state index contributed by atoms with van der Waals surface area (Å²) in [6.45, 7) is 1.93. The van der Waals surface area contributed by atoms with E-state index in [0.717, 1.165) is 11.3 Å². The third-order valence-corrected chi connectivity index (χ3v) is 2.15. The second kappa shape index (κ2) is 4.26. The molecule has 3 heteroatoms. The molecule has 0 aromatic heterocycles. The minimum atomic E-state index is 0.257. The molecule has 0 aliphatic rings. The van der Waals surface area contributed by atoms with E-state index in [1.54, 1.807) is 19.2 Å². The van der Waals surface area contributed by atoms with Gasteiger partial charge < -0.3 is 0 Å². The van der Waals surface area contributed by atoms with E-state index in [0.29, 0.717) is 4.90 Å². The molecule has 0 heterocycles. The summed E-state index contributed by atoms with van der Waals surface area (Å²) in [6.07, 6.45) is 0. The third kappa shape index (κ3) is 2.08. The van der Waals surface area contributed by atoms with Crippen molar-refractivity contribution in [3.8, 4) is 0 Å². The lowest BCUT2D eigenvalue weighted by atomic mass is 10.1. The van der Waals surface area contributed by atoms with Gasteiger partial charge in [-0.15, -0.1) is 0 Å². The van der Waals surface area contributed by atoms with Crippen LogP contribution in [0.2, 0.25) is 0 Å². The van der Waals surface area contributed by atoms with Gasteiger partial charge in [-0.05, 0) is 24.6 Å². The van der Waals surface area contributed by atoms with Gasteiger partial charge in [-0.2, -0.15) is 3.89 Å². The summed E-state index contributed by atoms with van der Waals surface area (Å²) in [5.41, 5.74) is 2.00. The molecule has 0 radical (unpaired) electrons. The van der Waals surface area contributed by atoms with Crippen molar-refractivity contribution < 1.29 is 3.89 Å². The highest BCUT2D eigenvalue weighted by Crippen LogP contribution is 2.18. The molecule has 0 amide bonds. The van der Waals surface area contributed by atoms with E-state index in [4.69, 9.17) is 0 Å². The Hall–Kier alpha value is -0.830. The molecule has 0 saturated carbocycles. The van der Waals surface area contributed by atoms with E-state index < -0.39 is 0 Å². The van der Waals surface area contributed by atoms with Gasteiger partial charge in [0.05, 0.1) is 12.1 Å². The SMILES string of the molecule is C/N=C(\C)c1ccc(SF)cc1. The number of halogens is 1. The fraction of sp³-hybridized carbons (Fsp3) is 0.222. The Bertz CT molecular complexity index is 279. The number of hydrogen-bond acceptors (Lipinski definition) is 2. The summed E-state index contributed by atoms with van der Waals surface area (Å²) >= 11 is 0.257. The first-order valence-electron chi connectivity index (χ1n) is 3.60. The number of aliphatic imine (C=N–C) groups is 1. The van der Waals surface area contributed by atoms with Crippen LogP contribution in [0.25, 0.3) is 0 Å². The fourth-order valence-electron chi connectivity index (χ4n) is 0.877. The minimum absolute atomic E-state index is 0.257. The Labute approximate surface area is 76.0 Å². The first-order valence-corrected chi connectivity index (χ1v) is 4.32. The molecular weight excluding hydrogens is 173 g/mol.